The first-order chi connectivity index (χ1) is 33.5. The normalized spacial score (nSPS) is 19.7. The van der Waals surface area contributed by atoms with Gasteiger partial charge >= 0.3 is 11.9 Å². The van der Waals surface area contributed by atoms with Gasteiger partial charge in [-0.25, -0.2) is 18.0 Å². The molecular weight excluding hydrogens is 958 g/mol. The first-order valence-electron chi connectivity index (χ1n) is 23.0. The van der Waals surface area contributed by atoms with Crippen LogP contribution in [0.1, 0.15) is 89.4 Å². The predicted molar refractivity (Wildman–Crippen MR) is 266 cm³/mol. The van der Waals surface area contributed by atoms with Gasteiger partial charge in [-0.2, -0.15) is 4.31 Å². The largest absolute Gasteiger partial charge is 0.479 e. The lowest BCUT2D eigenvalue weighted by molar-refractivity contribution is -0.139. The van der Waals surface area contributed by atoms with E-state index in [2.05, 4.69) is 31.8 Å². The summed E-state index contributed by atoms with van der Waals surface area (Å²) in [6.45, 7) is 4.79. The van der Waals surface area contributed by atoms with Gasteiger partial charge in [0.25, 0.3) is 5.91 Å². The SMILES string of the molecule is CC1(C)CC(Nc2cccc(-c3sc(C(=O)O)c(OCC(=O)O)c3Cl)c2)CCN1S(=O)(=O)Cc1ccc2nnc(N3CCC(c4ccc5c6c(cccc46)C(=O)N5C4CCC(=O)NC4=O)CC3)cc2c1. The maximum atomic E-state index is 14.2. The zero-order valence-corrected chi connectivity index (χ0v) is 40.5. The van der Waals surface area contributed by atoms with Crippen molar-refractivity contribution < 1.29 is 47.3 Å². The van der Waals surface area contributed by atoms with Crippen LogP contribution < -0.4 is 25.2 Å². The molecule has 0 spiro atoms. The molecule has 17 nitrogen and oxygen atoms in total. The van der Waals surface area contributed by atoms with Gasteiger partial charge in [0.05, 0.1) is 21.8 Å². The minimum absolute atomic E-state index is 0.00758. The fourth-order valence-electron chi connectivity index (χ4n) is 10.7. The van der Waals surface area contributed by atoms with Gasteiger partial charge in [-0.1, -0.05) is 48.0 Å². The van der Waals surface area contributed by atoms with E-state index in [1.807, 2.05) is 56.3 Å². The summed E-state index contributed by atoms with van der Waals surface area (Å²) in [5.74, 6) is -3.06. The summed E-state index contributed by atoms with van der Waals surface area (Å²) in [7, 11) is -3.77. The van der Waals surface area contributed by atoms with Crippen molar-refractivity contribution in [3.05, 3.63) is 105 Å². The van der Waals surface area contributed by atoms with Gasteiger partial charge in [0.2, 0.25) is 21.8 Å². The number of ether oxygens (including phenoxy) is 1. The number of hydrogen-bond donors (Lipinski definition) is 4. The number of nitrogens with one attached hydrogen (secondary N) is 2. The third-order valence-corrected chi connectivity index (χ3v) is 17.5. The molecule has 0 aliphatic carbocycles. The van der Waals surface area contributed by atoms with Crippen LogP contribution in [0.15, 0.2) is 78.9 Å². The number of carbonyl (C=O) groups is 5. The average Bonchev–Trinajstić information content (AvgIpc) is 3.81. The number of imide groups is 1. The maximum Gasteiger partial charge on any atom is 0.349 e. The maximum absolute atomic E-state index is 14.2. The summed E-state index contributed by atoms with van der Waals surface area (Å²) in [5.41, 5.74) is 4.28. The highest BCUT2D eigenvalue weighted by molar-refractivity contribution is 7.88. The Kier molecular flexibility index (Phi) is 12.3. The molecule has 0 radical (unpaired) electrons. The number of aromatic carboxylic acids is 1. The number of thiophene rings is 1. The van der Waals surface area contributed by atoms with E-state index in [4.69, 9.17) is 21.4 Å². The highest BCUT2D eigenvalue weighted by Crippen LogP contribution is 2.47. The van der Waals surface area contributed by atoms with Crippen molar-refractivity contribution >= 4 is 101 Å². The minimum Gasteiger partial charge on any atom is -0.479 e. The molecule has 20 heteroatoms. The van der Waals surface area contributed by atoms with Gasteiger partial charge in [0.15, 0.2) is 23.1 Å². The third kappa shape index (κ3) is 8.79. The molecule has 6 heterocycles. The van der Waals surface area contributed by atoms with Gasteiger partial charge in [-0.15, -0.1) is 21.5 Å². The number of anilines is 3. The zero-order chi connectivity index (χ0) is 49.2. The molecule has 3 fully saturated rings. The minimum atomic E-state index is -3.77. The highest BCUT2D eigenvalue weighted by atomic mass is 35.5. The molecule has 70 heavy (non-hydrogen) atoms. The van der Waals surface area contributed by atoms with Crippen molar-refractivity contribution in [2.45, 2.75) is 81.7 Å². The summed E-state index contributed by atoms with van der Waals surface area (Å²) in [4.78, 5) is 65.4. The Hall–Kier alpha value is -6.67. The molecule has 10 rings (SSSR count). The molecule has 0 saturated carbocycles. The molecule has 4 aliphatic heterocycles. The molecule has 4 aromatic carbocycles. The summed E-state index contributed by atoms with van der Waals surface area (Å²) >= 11 is 7.43. The number of aliphatic carboxylic acids is 1. The highest BCUT2D eigenvalue weighted by Gasteiger charge is 2.43. The Balaban J connectivity index is 0.788. The van der Waals surface area contributed by atoms with Crippen LogP contribution in [0.2, 0.25) is 5.02 Å². The van der Waals surface area contributed by atoms with Crippen LogP contribution >= 0.6 is 22.9 Å². The quantitative estimate of drug-likeness (QED) is 0.0815. The smallest absolute Gasteiger partial charge is 0.349 e. The van der Waals surface area contributed by atoms with E-state index < -0.39 is 46.1 Å². The van der Waals surface area contributed by atoms with Crippen molar-refractivity contribution in [2.24, 2.45) is 0 Å². The van der Waals surface area contributed by atoms with Crippen molar-refractivity contribution in [1.29, 1.82) is 0 Å². The predicted octanol–water partition coefficient (Wildman–Crippen LogP) is 7.66. The number of rotatable bonds is 13. The summed E-state index contributed by atoms with van der Waals surface area (Å²) in [6.07, 6.45) is 3.13. The van der Waals surface area contributed by atoms with Crippen molar-refractivity contribution in [3.8, 4) is 16.2 Å². The van der Waals surface area contributed by atoms with E-state index in [0.29, 0.717) is 64.5 Å². The summed E-state index contributed by atoms with van der Waals surface area (Å²) in [5, 5.41) is 36.4. The Morgan fingerprint density at radius 2 is 1.73 bits per heavy atom. The number of piperidine rings is 3. The number of amides is 3. The fourth-order valence-corrected chi connectivity index (χ4v) is 14.0. The second-order valence-corrected chi connectivity index (χ2v) is 22.1. The lowest BCUT2D eigenvalue weighted by Crippen LogP contribution is -2.55. The van der Waals surface area contributed by atoms with Gasteiger partial charge < -0.3 is 25.2 Å². The molecule has 6 aromatic rings. The Morgan fingerprint density at radius 3 is 2.47 bits per heavy atom. The van der Waals surface area contributed by atoms with E-state index >= 15 is 0 Å². The van der Waals surface area contributed by atoms with Crippen LogP contribution in [-0.4, -0.2) is 107 Å². The first kappa shape index (κ1) is 47.0. The average molecular weight is 1010 g/mol. The van der Waals surface area contributed by atoms with E-state index in [1.54, 1.807) is 39.5 Å². The number of aromatic nitrogens is 2. The number of fused-ring (bicyclic) bond motifs is 1. The molecule has 0 bridgehead atoms. The van der Waals surface area contributed by atoms with E-state index in [9.17, 15) is 37.5 Å². The second-order valence-electron chi connectivity index (χ2n) is 18.8. The van der Waals surface area contributed by atoms with Gasteiger partial charge in [-0.05, 0) is 116 Å². The Morgan fingerprint density at radius 1 is 0.943 bits per heavy atom. The van der Waals surface area contributed by atoms with Crippen LogP contribution in [0.4, 0.5) is 17.2 Å². The number of sulfonamides is 1. The Bertz CT molecular complexity index is 3280. The van der Waals surface area contributed by atoms with Crippen LogP contribution in [0.5, 0.6) is 5.75 Å². The lowest BCUT2D eigenvalue weighted by atomic mass is 9.85. The van der Waals surface area contributed by atoms with Crippen LogP contribution in [0.25, 0.3) is 32.1 Å². The van der Waals surface area contributed by atoms with Crippen LogP contribution in [0, 0.1) is 0 Å². The van der Waals surface area contributed by atoms with Crippen molar-refractivity contribution in [2.75, 3.05) is 41.4 Å². The van der Waals surface area contributed by atoms with Crippen LogP contribution in [-0.2, 0) is 30.2 Å². The molecule has 3 saturated heterocycles. The second kappa shape index (κ2) is 18.3. The van der Waals surface area contributed by atoms with E-state index in [1.165, 1.54) is 0 Å². The molecule has 362 valence electrons. The number of carboxylic acid groups (broad SMARTS) is 2. The number of carbonyl (C=O) groups excluding carboxylic acids is 3. The molecule has 2 atom stereocenters. The number of benzene rings is 4. The molecule has 2 aromatic heterocycles. The van der Waals surface area contributed by atoms with Crippen LogP contribution in [0.3, 0.4) is 0 Å². The Labute approximate surface area is 411 Å². The standard InChI is InChI=1S/C50H48ClN7O10S2/c1-50(2)24-32(52-31-6-3-5-29(22-31)45-43(51)44(68-25-41(60)61)46(69-45)49(64)65)17-20-57(50)70(66,67)26-27-9-11-36-30(21-27)23-39(55-54-36)56-18-15-28(16-19-56)33-10-12-37-42-34(33)7-4-8-35(42)48(63)58(37)38-13-14-40(59)53-47(38)62/h3-12,21-23,28,32,38,52H,13-20,24-26H2,1-2H3,(H,60,61)(H,64,65)(H,53,59,62). The third-order valence-electron chi connectivity index (χ3n) is 13.8. The van der Waals surface area contributed by atoms with E-state index in [-0.39, 0.29) is 64.6 Å². The van der Waals surface area contributed by atoms with Crippen molar-refractivity contribution in [1.82, 2.24) is 19.8 Å². The zero-order valence-electron chi connectivity index (χ0n) is 38.1. The fraction of sp³-hybridized carbons (Fsp3) is 0.340. The number of hydrogen-bond acceptors (Lipinski definition) is 13. The summed E-state index contributed by atoms with van der Waals surface area (Å²) < 4.78 is 35.2. The topological polar surface area (TPSA) is 229 Å². The molecular formula is C50H48ClN7O10S2. The van der Waals surface area contributed by atoms with Gasteiger partial charge in [0.1, 0.15) is 11.1 Å². The number of halogens is 1. The molecule has 4 aliphatic rings. The first-order valence-corrected chi connectivity index (χ1v) is 25.8. The summed E-state index contributed by atoms with van der Waals surface area (Å²) in [6, 6.07) is 23.6. The van der Waals surface area contributed by atoms with Gasteiger partial charge in [-0.3, -0.25) is 24.6 Å². The number of nitrogens with zero attached hydrogens (tertiary/aromatic N) is 5. The van der Waals surface area contributed by atoms with E-state index in [0.717, 1.165) is 51.6 Å². The van der Waals surface area contributed by atoms with Gasteiger partial charge in [0, 0.05) is 59.7 Å². The molecule has 4 N–H and O–H groups in total. The number of carboxylic acids is 2. The lowest BCUT2D eigenvalue weighted by Gasteiger charge is -2.45. The molecule has 2 unspecified atom stereocenters. The van der Waals surface area contributed by atoms with Crippen molar-refractivity contribution in [3.63, 3.8) is 0 Å². The monoisotopic (exact) mass is 1010 g/mol. The molecule has 3 amide bonds.